The van der Waals surface area contributed by atoms with Gasteiger partial charge in [0, 0.05) is 18.6 Å². The summed E-state index contributed by atoms with van der Waals surface area (Å²) in [5.74, 6) is -0.315. The summed E-state index contributed by atoms with van der Waals surface area (Å²) in [6, 6.07) is 5.84. The predicted octanol–water partition coefficient (Wildman–Crippen LogP) is 3.74. The second kappa shape index (κ2) is 6.74. The molecule has 3 aromatic heterocycles. The molecule has 0 amide bonds. The average molecular weight is 358 g/mol. The highest BCUT2D eigenvalue weighted by molar-refractivity contribution is 5.50. The van der Waals surface area contributed by atoms with Crippen LogP contribution in [0.15, 0.2) is 41.2 Å². The fourth-order valence-corrected chi connectivity index (χ4v) is 3.23. The quantitative estimate of drug-likeness (QED) is 0.743. The minimum Gasteiger partial charge on any atom is -0.415 e. The summed E-state index contributed by atoms with van der Waals surface area (Å²) in [7, 11) is 0. The Kier molecular flexibility index (Phi) is 4.27. The Bertz CT molecular complexity index is 862. The number of aromatic nitrogens is 5. The first-order valence-electron chi connectivity index (χ1n) is 8.30. The molecule has 1 aliphatic carbocycles. The van der Waals surface area contributed by atoms with Crippen LogP contribution in [0.25, 0.3) is 11.5 Å². The van der Waals surface area contributed by atoms with Gasteiger partial charge >= 0.3 is 6.43 Å². The summed E-state index contributed by atoms with van der Waals surface area (Å²) in [5.41, 5.74) is 1.05. The van der Waals surface area contributed by atoms with Crippen LogP contribution in [0.1, 0.15) is 43.7 Å². The Balaban J connectivity index is 1.56. The van der Waals surface area contributed by atoms with Gasteiger partial charge in [-0.05, 0) is 25.0 Å². The number of anilines is 1. The van der Waals surface area contributed by atoms with Crippen LogP contribution in [0.5, 0.6) is 0 Å². The first-order valence-corrected chi connectivity index (χ1v) is 8.30. The fourth-order valence-electron chi connectivity index (χ4n) is 3.23. The Morgan fingerprint density at radius 2 is 1.81 bits per heavy atom. The van der Waals surface area contributed by atoms with Gasteiger partial charge in [-0.2, -0.15) is 8.78 Å². The van der Waals surface area contributed by atoms with Crippen LogP contribution in [0.4, 0.5) is 14.7 Å². The van der Waals surface area contributed by atoms with E-state index in [-0.39, 0.29) is 11.4 Å². The number of hydrogen-bond acceptors (Lipinski definition) is 7. The third-order valence-electron chi connectivity index (χ3n) is 4.49. The van der Waals surface area contributed by atoms with Crippen molar-refractivity contribution >= 4 is 5.95 Å². The number of nitrogens with zero attached hydrogens (tertiary/aromatic N) is 5. The van der Waals surface area contributed by atoms with Gasteiger partial charge in [-0.1, -0.05) is 18.9 Å². The van der Waals surface area contributed by atoms with Crippen LogP contribution in [0.2, 0.25) is 0 Å². The zero-order valence-corrected chi connectivity index (χ0v) is 13.8. The number of nitrogens with one attached hydrogen (secondary N) is 1. The molecule has 134 valence electrons. The normalized spacial score (nSPS) is 16.1. The molecule has 3 aromatic rings. The monoisotopic (exact) mass is 358 g/mol. The average Bonchev–Trinajstić information content (AvgIpc) is 3.34. The number of alkyl halides is 2. The van der Waals surface area contributed by atoms with Gasteiger partial charge in [0.25, 0.3) is 11.8 Å². The summed E-state index contributed by atoms with van der Waals surface area (Å²) in [6.45, 7) is 0. The van der Waals surface area contributed by atoms with Gasteiger partial charge < -0.3 is 9.73 Å². The minimum absolute atomic E-state index is 0.0350. The number of halogens is 2. The molecule has 0 aromatic carbocycles. The van der Waals surface area contributed by atoms with Crippen molar-refractivity contribution in [3.05, 3.63) is 48.4 Å². The zero-order valence-electron chi connectivity index (χ0n) is 13.8. The molecule has 26 heavy (non-hydrogen) atoms. The van der Waals surface area contributed by atoms with Gasteiger partial charge in [0.2, 0.25) is 5.95 Å². The molecule has 0 saturated heterocycles. The lowest BCUT2D eigenvalue weighted by molar-refractivity contribution is 0.116. The van der Waals surface area contributed by atoms with E-state index in [1.54, 1.807) is 6.20 Å². The smallest absolute Gasteiger partial charge is 0.314 e. The maximum atomic E-state index is 12.5. The lowest BCUT2D eigenvalue weighted by Gasteiger charge is -2.29. The van der Waals surface area contributed by atoms with Crippen molar-refractivity contribution in [2.24, 2.45) is 0 Å². The van der Waals surface area contributed by atoms with E-state index in [1.807, 2.05) is 18.2 Å². The van der Waals surface area contributed by atoms with Crippen LogP contribution >= 0.6 is 0 Å². The second-order valence-corrected chi connectivity index (χ2v) is 6.17. The highest BCUT2D eigenvalue weighted by atomic mass is 19.3. The highest BCUT2D eigenvalue weighted by Gasteiger charge is 2.37. The molecule has 1 saturated carbocycles. The third-order valence-corrected chi connectivity index (χ3v) is 4.49. The summed E-state index contributed by atoms with van der Waals surface area (Å²) >= 11 is 0. The van der Waals surface area contributed by atoms with Crippen molar-refractivity contribution in [2.75, 3.05) is 5.32 Å². The molecule has 3 heterocycles. The lowest BCUT2D eigenvalue weighted by atomic mass is 9.92. The molecule has 7 nitrogen and oxygen atoms in total. The molecule has 0 atom stereocenters. The Morgan fingerprint density at radius 1 is 1.04 bits per heavy atom. The zero-order chi connectivity index (χ0) is 18.0. The van der Waals surface area contributed by atoms with Crippen LogP contribution in [0.3, 0.4) is 0 Å². The molecule has 1 N–H and O–H groups in total. The van der Waals surface area contributed by atoms with Crippen LogP contribution in [-0.2, 0) is 5.54 Å². The molecule has 0 radical (unpaired) electrons. The van der Waals surface area contributed by atoms with Crippen LogP contribution in [0, 0.1) is 0 Å². The van der Waals surface area contributed by atoms with Crippen LogP contribution < -0.4 is 5.32 Å². The van der Waals surface area contributed by atoms with Crippen molar-refractivity contribution in [3.63, 3.8) is 0 Å². The minimum atomic E-state index is -2.81. The SMILES string of the molecule is FC(F)c1nnc(-c2cnc(NC3(c4ccccn4)CCCC3)nc2)o1. The van der Waals surface area contributed by atoms with Gasteiger partial charge in [-0.15, -0.1) is 10.2 Å². The van der Waals surface area contributed by atoms with Crippen molar-refractivity contribution < 1.29 is 13.2 Å². The van der Waals surface area contributed by atoms with Crippen molar-refractivity contribution in [2.45, 2.75) is 37.6 Å². The molecule has 0 aliphatic heterocycles. The maximum absolute atomic E-state index is 12.5. The lowest BCUT2D eigenvalue weighted by Crippen LogP contribution is -2.33. The summed E-state index contributed by atoms with van der Waals surface area (Å²) < 4.78 is 30.0. The van der Waals surface area contributed by atoms with E-state index < -0.39 is 12.3 Å². The molecule has 0 spiro atoms. The molecular weight excluding hydrogens is 342 g/mol. The van der Waals surface area contributed by atoms with E-state index in [2.05, 4.69) is 30.5 Å². The van der Waals surface area contributed by atoms with E-state index in [9.17, 15) is 8.78 Å². The van der Waals surface area contributed by atoms with Crippen molar-refractivity contribution in [3.8, 4) is 11.5 Å². The van der Waals surface area contributed by atoms with E-state index in [0.717, 1.165) is 31.4 Å². The van der Waals surface area contributed by atoms with Gasteiger partial charge in [-0.3, -0.25) is 4.98 Å². The van der Waals surface area contributed by atoms with E-state index in [1.165, 1.54) is 12.4 Å². The number of rotatable bonds is 5. The van der Waals surface area contributed by atoms with Crippen molar-refractivity contribution in [1.29, 1.82) is 0 Å². The molecule has 4 rings (SSSR count). The van der Waals surface area contributed by atoms with Gasteiger partial charge in [0.1, 0.15) is 0 Å². The standard InChI is InChI=1S/C17H16F2N6O/c18-13(19)15-25-24-14(26-15)11-9-21-16(22-10-11)23-17(6-2-3-7-17)12-5-1-4-8-20-12/h1,4-5,8-10,13H,2-3,6-7H2,(H,21,22,23). The highest BCUT2D eigenvalue weighted by Crippen LogP contribution is 2.40. The Labute approximate surface area is 147 Å². The van der Waals surface area contributed by atoms with Gasteiger partial charge in [0.15, 0.2) is 0 Å². The Hall–Kier alpha value is -2.97. The second-order valence-electron chi connectivity index (χ2n) is 6.17. The number of pyridine rings is 1. The predicted molar refractivity (Wildman–Crippen MR) is 88.3 cm³/mol. The molecule has 0 bridgehead atoms. The van der Waals surface area contributed by atoms with E-state index in [0.29, 0.717) is 11.5 Å². The largest absolute Gasteiger partial charge is 0.415 e. The molecule has 0 unspecified atom stereocenters. The van der Waals surface area contributed by atoms with Gasteiger partial charge in [-0.25, -0.2) is 9.97 Å². The van der Waals surface area contributed by atoms with Gasteiger partial charge in [0.05, 0.1) is 16.8 Å². The van der Waals surface area contributed by atoms with E-state index in [4.69, 9.17) is 4.42 Å². The van der Waals surface area contributed by atoms with E-state index >= 15 is 0 Å². The molecule has 9 heteroatoms. The summed E-state index contributed by atoms with van der Waals surface area (Å²) in [6.07, 6.45) is 5.99. The molecular formula is C17H16F2N6O. The molecule has 1 fully saturated rings. The number of hydrogen-bond donors (Lipinski definition) is 1. The van der Waals surface area contributed by atoms with Crippen LogP contribution in [-0.4, -0.2) is 25.1 Å². The Morgan fingerprint density at radius 3 is 2.42 bits per heavy atom. The molecule has 1 aliphatic rings. The third kappa shape index (κ3) is 3.12. The fraction of sp³-hybridized carbons (Fsp3) is 0.353. The topological polar surface area (TPSA) is 89.6 Å². The maximum Gasteiger partial charge on any atom is 0.314 e. The summed E-state index contributed by atoms with van der Waals surface area (Å²) in [5, 5.41) is 10.3. The van der Waals surface area contributed by atoms with Crippen molar-refractivity contribution in [1.82, 2.24) is 25.1 Å². The summed E-state index contributed by atoms with van der Waals surface area (Å²) in [4.78, 5) is 13.0. The first kappa shape index (κ1) is 16.5. The first-order chi connectivity index (χ1) is 12.7.